The van der Waals surface area contributed by atoms with Crippen molar-refractivity contribution in [3.8, 4) is 0 Å². The molecule has 1 N–H and O–H groups in total. The fraction of sp³-hybridized carbons (Fsp3) is 0.318. The Hall–Kier alpha value is -2.35. The van der Waals surface area contributed by atoms with Crippen molar-refractivity contribution in [3.05, 3.63) is 71.4 Å². The zero-order valence-electron chi connectivity index (χ0n) is 13.9. The van der Waals surface area contributed by atoms with E-state index in [4.69, 9.17) is 4.98 Å². The van der Waals surface area contributed by atoms with Gasteiger partial charge in [0.2, 0.25) is 0 Å². The number of rotatable bonds is 3. The summed E-state index contributed by atoms with van der Waals surface area (Å²) in [6, 6.07) is 19.2. The van der Waals surface area contributed by atoms with Gasteiger partial charge in [-0.05, 0) is 54.7 Å². The fourth-order valence-electron chi connectivity index (χ4n) is 4.14. The number of aryl methyl sites for hydroxylation is 1. The molecule has 24 heavy (non-hydrogen) atoms. The van der Waals surface area contributed by atoms with Crippen molar-refractivity contribution < 1.29 is 0 Å². The average molecular weight is 314 g/mol. The molecule has 0 bridgehead atoms. The van der Waals surface area contributed by atoms with Crippen LogP contribution in [0.5, 0.6) is 0 Å². The van der Waals surface area contributed by atoms with Gasteiger partial charge in [-0.3, -0.25) is 4.98 Å². The lowest BCUT2D eigenvalue weighted by molar-refractivity contribution is 0.434. The molecule has 2 aliphatic rings. The lowest BCUT2D eigenvalue weighted by Crippen LogP contribution is -2.19. The van der Waals surface area contributed by atoms with Gasteiger partial charge in [-0.1, -0.05) is 48.5 Å². The summed E-state index contributed by atoms with van der Waals surface area (Å²) in [6.07, 6.45) is 6.47. The zero-order valence-corrected chi connectivity index (χ0v) is 13.9. The standard InChI is InChI=1S/C22H22N2/c1-2-6-16(7-3-1)15-23-21-17-8-4-5-9-19(17)24-20-10-11-22(12-13-22)14-18(20)21/h1-9H,10-15H2,(H,23,24). The Labute approximate surface area is 142 Å². The first-order valence-electron chi connectivity index (χ1n) is 9.01. The molecule has 1 saturated carbocycles. The van der Waals surface area contributed by atoms with E-state index in [2.05, 4.69) is 59.9 Å². The monoisotopic (exact) mass is 314 g/mol. The van der Waals surface area contributed by atoms with Crippen LogP contribution in [-0.4, -0.2) is 4.98 Å². The predicted octanol–water partition coefficient (Wildman–Crippen LogP) is 5.12. The second-order valence-corrected chi connectivity index (χ2v) is 7.45. The minimum Gasteiger partial charge on any atom is -0.380 e. The second-order valence-electron chi connectivity index (χ2n) is 7.45. The van der Waals surface area contributed by atoms with E-state index in [1.165, 1.54) is 53.6 Å². The first-order valence-corrected chi connectivity index (χ1v) is 9.01. The minimum atomic E-state index is 0.598. The van der Waals surface area contributed by atoms with Gasteiger partial charge in [-0.15, -0.1) is 0 Å². The molecule has 1 fully saturated rings. The first kappa shape index (κ1) is 14.0. The summed E-state index contributed by atoms with van der Waals surface area (Å²) in [5, 5.41) is 5.03. The van der Waals surface area contributed by atoms with Gasteiger partial charge in [0.1, 0.15) is 0 Å². The number of anilines is 1. The van der Waals surface area contributed by atoms with Gasteiger partial charge >= 0.3 is 0 Å². The van der Waals surface area contributed by atoms with Gasteiger partial charge in [0.25, 0.3) is 0 Å². The predicted molar refractivity (Wildman–Crippen MR) is 99.2 cm³/mol. The molecule has 0 radical (unpaired) electrons. The molecule has 2 aliphatic carbocycles. The molecule has 1 aromatic heterocycles. The van der Waals surface area contributed by atoms with Crippen LogP contribution >= 0.6 is 0 Å². The van der Waals surface area contributed by atoms with E-state index in [0.717, 1.165) is 18.5 Å². The van der Waals surface area contributed by atoms with Gasteiger partial charge in [-0.25, -0.2) is 0 Å². The van der Waals surface area contributed by atoms with Crippen LogP contribution in [0.4, 0.5) is 5.69 Å². The molecule has 0 aliphatic heterocycles. The number of para-hydroxylation sites is 1. The van der Waals surface area contributed by atoms with E-state index < -0.39 is 0 Å². The maximum atomic E-state index is 4.98. The highest BCUT2D eigenvalue weighted by molar-refractivity contribution is 5.93. The van der Waals surface area contributed by atoms with Crippen molar-refractivity contribution in [1.29, 1.82) is 0 Å². The van der Waals surface area contributed by atoms with Crippen LogP contribution in [0.3, 0.4) is 0 Å². The number of hydrogen-bond acceptors (Lipinski definition) is 2. The minimum absolute atomic E-state index is 0.598. The Balaban J connectivity index is 1.59. The molecule has 3 aromatic rings. The molecular formula is C22H22N2. The van der Waals surface area contributed by atoms with E-state index in [-0.39, 0.29) is 0 Å². The SMILES string of the molecule is c1ccc(CNc2c3c(nc4ccccc24)CCC2(CC2)C3)cc1. The Morgan fingerprint density at radius 3 is 2.54 bits per heavy atom. The topological polar surface area (TPSA) is 24.9 Å². The summed E-state index contributed by atoms with van der Waals surface area (Å²) in [5.41, 5.74) is 7.17. The molecule has 2 aromatic carbocycles. The fourth-order valence-corrected chi connectivity index (χ4v) is 4.14. The quantitative estimate of drug-likeness (QED) is 0.726. The maximum absolute atomic E-state index is 4.98. The molecule has 120 valence electrons. The average Bonchev–Trinajstić information content (AvgIpc) is 3.39. The highest BCUT2D eigenvalue weighted by atomic mass is 14.9. The number of benzene rings is 2. The van der Waals surface area contributed by atoms with Crippen LogP contribution in [0, 0.1) is 5.41 Å². The van der Waals surface area contributed by atoms with Crippen molar-refractivity contribution in [3.63, 3.8) is 0 Å². The molecule has 5 rings (SSSR count). The van der Waals surface area contributed by atoms with E-state index in [9.17, 15) is 0 Å². The van der Waals surface area contributed by atoms with Gasteiger partial charge < -0.3 is 5.32 Å². The van der Waals surface area contributed by atoms with E-state index >= 15 is 0 Å². The number of nitrogens with one attached hydrogen (secondary N) is 1. The number of aromatic nitrogens is 1. The number of pyridine rings is 1. The Kier molecular flexibility index (Phi) is 3.12. The third-order valence-electron chi connectivity index (χ3n) is 5.79. The largest absolute Gasteiger partial charge is 0.380 e. The van der Waals surface area contributed by atoms with Crippen LogP contribution < -0.4 is 5.32 Å². The van der Waals surface area contributed by atoms with Gasteiger partial charge in [0, 0.05) is 23.3 Å². The Morgan fingerprint density at radius 1 is 0.917 bits per heavy atom. The summed E-state index contributed by atoms with van der Waals surface area (Å²) in [5.74, 6) is 0. The highest BCUT2D eigenvalue weighted by Crippen LogP contribution is 2.55. The molecular weight excluding hydrogens is 292 g/mol. The summed E-state index contributed by atoms with van der Waals surface area (Å²) in [6.45, 7) is 0.869. The smallest absolute Gasteiger partial charge is 0.0726 e. The zero-order chi connectivity index (χ0) is 16.0. The summed E-state index contributed by atoms with van der Waals surface area (Å²) < 4.78 is 0. The van der Waals surface area contributed by atoms with Gasteiger partial charge in [0.15, 0.2) is 0 Å². The highest BCUT2D eigenvalue weighted by Gasteiger charge is 2.45. The summed E-state index contributed by atoms with van der Waals surface area (Å²) in [7, 11) is 0. The Morgan fingerprint density at radius 2 is 1.71 bits per heavy atom. The van der Waals surface area contributed by atoms with Crippen LogP contribution in [-0.2, 0) is 19.4 Å². The molecule has 0 atom stereocenters. The van der Waals surface area contributed by atoms with Crippen molar-refractivity contribution in [2.45, 2.75) is 38.6 Å². The van der Waals surface area contributed by atoms with E-state index in [1.807, 2.05) is 0 Å². The number of hydrogen-bond donors (Lipinski definition) is 1. The number of fused-ring (bicyclic) bond motifs is 2. The van der Waals surface area contributed by atoms with Crippen molar-refractivity contribution in [2.24, 2.45) is 5.41 Å². The number of nitrogens with zero attached hydrogens (tertiary/aromatic N) is 1. The molecule has 0 unspecified atom stereocenters. The molecule has 1 spiro atoms. The van der Waals surface area contributed by atoms with Crippen LogP contribution in [0.25, 0.3) is 10.9 Å². The Bertz CT molecular complexity index is 894. The van der Waals surface area contributed by atoms with Crippen LogP contribution in [0.15, 0.2) is 54.6 Å². The summed E-state index contributed by atoms with van der Waals surface area (Å²) in [4.78, 5) is 4.98. The lowest BCUT2D eigenvalue weighted by atomic mass is 9.82. The summed E-state index contributed by atoms with van der Waals surface area (Å²) >= 11 is 0. The second kappa shape index (κ2) is 5.34. The van der Waals surface area contributed by atoms with Crippen molar-refractivity contribution in [1.82, 2.24) is 4.98 Å². The third kappa shape index (κ3) is 2.37. The molecule has 2 heteroatoms. The first-order chi connectivity index (χ1) is 11.8. The molecule has 0 saturated heterocycles. The lowest BCUT2D eigenvalue weighted by Gasteiger charge is -2.27. The third-order valence-corrected chi connectivity index (χ3v) is 5.79. The van der Waals surface area contributed by atoms with Gasteiger partial charge in [0.05, 0.1) is 5.52 Å². The van der Waals surface area contributed by atoms with Gasteiger partial charge in [-0.2, -0.15) is 0 Å². The molecule has 2 nitrogen and oxygen atoms in total. The normalized spacial score (nSPS) is 17.7. The van der Waals surface area contributed by atoms with Crippen LogP contribution in [0.2, 0.25) is 0 Å². The van der Waals surface area contributed by atoms with Crippen LogP contribution in [0.1, 0.15) is 36.1 Å². The van der Waals surface area contributed by atoms with Crippen molar-refractivity contribution >= 4 is 16.6 Å². The maximum Gasteiger partial charge on any atom is 0.0726 e. The van der Waals surface area contributed by atoms with Crippen molar-refractivity contribution in [2.75, 3.05) is 5.32 Å². The molecule has 1 heterocycles. The molecule has 0 amide bonds. The van der Waals surface area contributed by atoms with E-state index in [1.54, 1.807) is 0 Å². The van der Waals surface area contributed by atoms with E-state index in [0.29, 0.717) is 5.41 Å².